The molecule has 3 atom stereocenters. The van der Waals surface area contributed by atoms with Crippen molar-refractivity contribution in [3.8, 4) is 0 Å². The largest absolute Gasteiger partial charge is 0.352 e. The van der Waals surface area contributed by atoms with E-state index in [1.54, 1.807) is 0 Å². The number of carbonyl (C=O) groups is 1. The van der Waals surface area contributed by atoms with Gasteiger partial charge in [0, 0.05) is 5.41 Å². The van der Waals surface area contributed by atoms with Crippen molar-refractivity contribution in [3.05, 3.63) is 0 Å². The lowest BCUT2D eigenvalue weighted by atomic mass is 9.70. The first kappa shape index (κ1) is 11.8. The van der Waals surface area contributed by atoms with Crippen LogP contribution in [-0.2, 0) is 4.79 Å². The molecule has 4 nitrogen and oxygen atoms in total. The van der Waals surface area contributed by atoms with E-state index in [1.165, 1.54) is 0 Å². The summed E-state index contributed by atoms with van der Waals surface area (Å²) in [4.78, 5) is 12.4. The first-order chi connectivity index (χ1) is 7.34. The first-order valence-electron chi connectivity index (χ1n) is 5.66. The van der Waals surface area contributed by atoms with Gasteiger partial charge in [0.1, 0.15) is 0 Å². The van der Waals surface area contributed by atoms with Gasteiger partial charge >= 0.3 is 0 Å². The Morgan fingerprint density at radius 3 is 2.56 bits per heavy atom. The highest BCUT2D eigenvalue weighted by molar-refractivity contribution is 7.80. The van der Waals surface area contributed by atoms with Crippen LogP contribution in [0.3, 0.4) is 0 Å². The Labute approximate surface area is 101 Å². The standard InChI is InChI=1S/C11H19N3OS/c1-10(2)6-4-5-11(10,3)8(15)7(6)13-9(16)14-12/h6-7H,4-5,12H2,1-3H3,(H2,13,14,16)/t6-,7+,11-/m0/s1. The quantitative estimate of drug-likeness (QED) is 0.358. The fraction of sp³-hybridized carbons (Fsp3) is 0.818. The monoisotopic (exact) mass is 241 g/mol. The van der Waals surface area contributed by atoms with E-state index in [2.05, 4.69) is 31.5 Å². The van der Waals surface area contributed by atoms with Gasteiger partial charge in [0.15, 0.2) is 10.9 Å². The number of nitrogens with two attached hydrogens (primary N) is 1. The lowest BCUT2D eigenvalue weighted by Crippen LogP contribution is -2.51. The van der Waals surface area contributed by atoms with Crippen molar-refractivity contribution in [2.75, 3.05) is 0 Å². The molecule has 0 saturated heterocycles. The second kappa shape index (κ2) is 3.40. The number of carbonyl (C=O) groups excluding carboxylic acids is 1. The average Bonchev–Trinajstić information content (AvgIpc) is 2.53. The normalized spacial score (nSPS) is 39.9. The number of hydrazine groups is 1. The third kappa shape index (κ3) is 1.24. The van der Waals surface area contributed by atoms with Gasteiger partial charge in [0.05, 0.1) is 6.04 Å². The van der Waals surface area contributed by atoms with Crippen molar-refractivity contribution in [1.29, 1.82) is 0 Å². The van der Waals surface area contributed by atoms with Crippen molar-refractivity contribution in [3.63, 3.8) is 0 Å². The van der Waals surface area contributed by atoms with Gasteiger partial charge in [0.25, 0.3) is 0 Å². The number of Topliss-reactive ketones (excluding diaryl/α,β-unsaturated/α-hetero) is 1. The van der Waals surface area contributed by atoms with Gasteiger partial charge in [-0.3, -0.25) is 4.79 Å². The Hall–Kier alpha value is -0.680. The van der Waals surface area contributed by atoms with Crippen LogP contribution in [-0.4, -0.2) is 16.9 Å². The molecule has 0 spiro atoms. The van der Waals surface area contributed by atoms with Gasteiger partial charge in [-0.15, -0.1) is 0 Å². The van der Waals surface area contributed by atoms with Crippen LogP contribution in [0.1, 0.15) is 33.6 Å². The van der Waals surface area contributed by atoms with Gasteiger partial charge in [-0.2, -0.15) is 0 Å². The van der Waals surface area contributed by atoms with Crippen LogP contribution in [0.5, 0.6) is 0 Å². The second-order valence-corrected chi connectivity index (χ2v) is 6.07. The molecule has 4 N–H and O–H groups in total. The van der Waals surface area contributed by atoms with Crippen LogP contribution in [0.25, 0.3) is 0 Å². The van der Waals surface area contributed by atoms with Crippen LogP contribution in [0.2, 0.25) is 0 Å². The number of nitrogens with one attached hydrogen (secondary N) is 2. The maximum absolute atomic E-state index is 12.4. The fourth-order valence-electron chi connectivity index (χ4n) is 3.44. The molecule has 2 rings (SSSR count). The molecular formula is C11H19N3OS. The van der Waals surface area contributed by atoms with Gasteiger partial charge in [-0.25, -0.2) is 5.84 Å². The van der Waals surface area contributed by atoms with E-state index in [1.807, 2.05) is 0 Å². The fourth-order valence-corrected chi connectivity index (χ4v) is 3.56. The van der Waals surface area contributed by atoms with E-state index >= 15 is 0 Å². The van der Waals surface area contributed by atoms with Crippen LogP contribution >= 0.6 is 12.2 Å². The molecule has 16 heavy (non-hydrogen) atoms. The zero-order valence-electron chi connectivity index (χ0n) is 9.96. The van der Waals surface area contributed by atoms with E-state index < -0.39 is 0 Å². The number of hydrogen-bond acceptors (Lipinski definition) is 3. The van der Waals surface area contributed by atoms with Crippen molar-refractivity contribution in [2.24, 2.45) is 22.6 Å². The lowest BCUT2D eigenvalue weighted by molar-refractivity contribution is -0.129. The third-order valence-corrected chi connectivity index (χ3v) is 5.19. The summed E-state index contributed by atoms with van der Waals surface area (Å²) < 4.78 is 0. The zero-order valence-corrected chi connectivity index (χ0v) is 10.8. The maximum atomic E-state index is 12.4. The molecule has 0 amide bonds. The first-order valence-corrected chi connectivity index (χ1v) is 6.07. The Morgan fingerprint density at radius 1 is 1.50 bits per heavy atom. The van der Waals surface area contributed by atoms with Crippen molar-refractivity contribution < 1.29 is 4.79 Å². The predicted octanol–water partition coefficient (Wildman–Crippen LogP) is 0.718. The Bertz CT molecular complexity index is 355. The molecule has 0 aromatic rings. The van der Waals surface area contributed by atoms with Crippen molar-refractivity contribution in [1.82, 2.24) is 10.7 Å². The van der Waals surface area contributed by atoms with Crippen LogP contribution in [0.4, 0.5) is 0 Å². The number of hydrogen-bond donors (Lipinski definition) is 3. The predicted molar refractivity (Wildman–Crippen MR) is 66.5 cm³/mol. The summed E-state index contributed by atoms with van der Waals surface area (Å²) in [6, 6.07) is -0.169. The highest BCUT2D eigenvalue weighted by atomic mass is 32.1. The summed E-state index contributed by atoms with van der Waals surface area (Å²) in [6.07, 6.45) is 2.07. The molecule has 0 aliphatic heterocycles. The minimum Gasteiger partial charge on any atom is -0.352 e. The summed E-state index contributed by atoms with van der Waals surface area (Å²) in [5, 5.41) is 3.39. The molecule has 0 aromatic heterocycles. The summed E-state index contributed by atoms with van der Waals surface area (Å²) in [7, 11) is 0. The van der Waals surface area contributed by atoms with Crippen molar-refractivity contribution >= 4 is 23.1 Å². The van der Waals surface area contributed by atoms with Gasteiger partial charge in [-0.05, 0) is 36.4 Å². The van der Waals surface area contributed by atoms with Gasteiger partial charge in [0.2, 0.25) is 0 Å². The average molecular weight is 241 g/mol. The molecule has 5 heteroatoms. The number of ketones is 1. The highest BCUT2D eigenvalue weighted by Gasteiger charge is 2.66. The number of fused-ring (bicyclic) bond motifs is 2. The highest BCUT2D eigenvalue weighted by Crippen LogP contribution is 2.63. The minimum atomic E-state index is -0.209. The van der Waals surface area contributed by atoms with E-state index in [9.17, 15) is 4.79 Å². The third-order valence-electron chi connectivity index (χ3n) is 4.95. The molecule has 2 fully saturated rings. The molecule has 2 aliphatic rings. The van der Waals surface area contributed by atoms with E-state index in [4.69, 9.17) is 18.1 Å². The Morgan fingerprint density at radius 2 is 2.12 bits per heavy atom. The molecular weight excluding hydrogens is 222 g/mol. The van der Waals surface area contributed by atoms with Gasteiger partial charge in [-0.1, -0.05) is 20.8 Å². The number of thiocarbonyl (C=S) groups is 1. The maximum Gasteiger partial charge on any atom is 0.181 e. The summed E-state index contributed by atoms with van der Waals surface area (Å²) >= 11 is 4.97. The molecule has 0 heterocycles. The summed E-state index contributed by atoms with van der Waals surface area (Å²) in [5.74, 6) is 5.87. The lowest BCUT2D eigenvalue weighted by Gasteiger charge is -2.32. The molecule has 2 saturated carbocycles. The molecule has 0 aromatic carbocycles. The summed E-state index contributed by atoms with van der Waals surface area (Å²) in [5.41, 5.74) is 2.22. The van der Waals surface area contributed by atoms with Crippen LogP contribution in [0.15, 0.2) is 0 Å². The number of rotatable bonds is 1. The molecule has 0 unspecified atom stereocenters. The molecule has 2 bridgehead atoms. The molecule has 90 valence electrons. The zero-order chi connectivity index (χ0) is 12.1. The SMILES string of the molecule is CC1(C)[C@H]2CC[C@@]1(C)C(=O)[C@@H]2NC(=S)NN. The van der Waals surface area contributed by atoms with E-state index in [0.29, 0.717) is 11.0 Å². The van der Waals surface area contributed by atoms with Gasteiger partial charge < -0.3 is 10.7 Å². The summed E-state index contributed by atoms with van der Waals surface area (Å²) in [6.45, 7) is 6.45. The minimum absolute atomic E-state index is 0.0476. The van der Waals surface area contributed by atoms with E-state index in [0.717, 1.165) is 12.8 Å². The molecule has 0 radical (unpaired) electrons. The van der Waals surface area contributed by atoms with Crippen molar-refractivity contribution in [2.45, 2.75) is 39.7 Å². The second-order valence-electron chi connectivity index (χ2n) is 5.66. The molecule has 2 aliphatic carbocycles. The van der Waals surface area contributed by atoms with Crippen LogP contribution < -0.4 is 16.6 Å². The Kier molecular flexibility index (Phi) is 2.51. The topological polar surface area (TPSA) is 67.2 Å². The van der Waals surface area contributed by atoms with E-state index in [-0.39, 0.29) is 22.7 Å². The van der Waals surface area contributed by atoms with Crippen LogP contribution in [0, 0.1) is 16.7 Å². The smallest absolute Gasteiger partial charge is 0.181 e. The Balaban J connectivity index is 2.26.